The van der Waals surface area contributed by atoms with Gasteiger partial charge in [0.05, 0.1) is 6.20 Å². The third-order valence-corrected chi connectivity index (χ3v) is 3.25. The van der Waals surface area contributed by atoms with Crippen molar-refractivity contribution < 1.29 is 8.42 Å². The van der Waals surface area contributed by atoms with Crippen LogP contribution in [0.2, 0.25) is 0 Å². The Kier molecular flexibility index (Phi) is 3.50. The molecule has 15 heavy (non-hydrogen) atoms. The standard InChI is InChI=1S/C9H13N3O2S/c1-4-5-7(2)12-15(13,14)9-6-10-8(3)11-9/h1,6-7,12H,5H2,2-3H3,(H,10,11). The molecule has 0 bridgehead atoms. The lowest BCUT2D eigenvalue weighted by Crippen LogP contribution is -2.32. The van der Waals surface area contributed by atoms with Crippen LogP contribution in [0.1, 0.15) is 19.2 Å². The summed E-state index contributed by atoms with van der Waals surface area (Å²) in [7, 11) is -3.52. The Hall–Kier alpha value is -1.32. The molecule has 0 amide bonds. The number of hydrogen-bond donors (Lipinski definition) is 2. The van der Waals surface area contributed by atoms with Crippen LogP contribution < -0.4 is 4.72 Å². The van der Waals surface area contributed by atoms with Crippen LogP contribution in [0.15, 0.2) is 11.2 Å². The second-order valence-electron chi connectivity index (χ2n) is 3.26. The molecular formula is C9H13N3O2S. The summed E-state index contributed by atoms with van der Waals surface area (Å²) in [5, 5.41) is 0.0591. The Bertz CT molecular complexity index is 470. The van der Waals surface area contributed by atoms with E-state index in [0.29, 0.717) is 12.2 Å². The van der Waals surface area contributed by atoms with Gasteiger partial charge >= 0.3 is 0 Å². The van der Waals surface area contributed by atoms with Crippen molar-refractivity contribution in [1.82, 2.24) is 14.7 Å². The van der Waals surface area contributed by atoms with Gasteiger partial charge in [-0.2, -0.15) is 0 Å². The Morgan fingerprint density at radius 2 is 2.40 bits per heavy atom. The maximum atomic E-state index is 11.7. The fraction of sp³-hybridized carbons (Fsp3) is 0.444. The first-order valence-electron chi connectivity index (χ1n) is 4.43. The highest BCUT2D eigenvalue weighted by Crippen LogP contribution is 2.06. The Morgan fingerprint density at radius 1 is 1.73 bits per heavy atom. The topological polar surface area (TPSA) is 74.8 Å². The van der Waals surface area contributed by atoms with Gasteiger partial charge in [-0.1, -0.05) is 0 Å². The summed E-state index contributed by atoms with van der Waals surface area (Å²) >= 11 is 0. The van der Waals surface area contributed by atoms with Crippen LogP contribution in [0, 0.1) is 19.3 Å². The van der Waals surface area contributed by atoms with Crippen LogP contribution in [0.25, 0.3) is 0 Å². The summed E-state index contributed by atoms with van der Waals surface area (Å²) in [5.74, 6) is 2.95. The molecule has 0 spiro atoms. The van der Waals surface area contributed by atoms with Gasteiger partial charge in [0.2, 0.25) is 0 Å². The number of hydrogen-bond acceptors (Lipinski definition) is 3. The number of aromatic amines is 1. The van der Waals surface area contributed by atoms with Gasteiger partial charge in [-0.15, -0.1) is 12.3 Å². The largest absolute Gasteiger partial charge is 0.332 e. The van der Waals surface area contributed by atoms with E-state index in [4.69, 9.17) is 6.42 Å². The van der Waals surface area contributed by atoms with Gasteiger partial charge in [-0.25, -0.2) is 18.1 Å². The van der Waals surface area contributed by atoms with Crippen LogP contribution in [-0.4, -0.2) is 24.4 Å². The highest BCUT2D eigenvalue weighted by Gasteiger charge is 2.18. The van der Waals surface area contributed by atoms with E-state index < -0.39 is 10.0 Å². The lowest BCUT2D eigenvalue weighted by Gasteiger charge is -2.09. The van der Waals surface area contributed by atoms with Crippen molar-refractivity contribution in [2.45, 2.75) is 31.3 Å². The molecule has 0 fully saturated rings. The van der Waals surface area contributed by atoms with Gasteiger partial charge in [-0.05, 0) is 13.8 Å². The third kappa shape index (κ3) is 3.08. The zero-order valence-electron chi connectivity index (χ0n) is 8.61. The molecule has 82 valence electrons. The lowest BCUT2D eigenvalue weighted by atomic mass is 10.3. The van der Waals surface area contributed by atoms with E-state index in [2.05, 4.69) is 20.6 Å². The molecule has 0 aliphatic rings. The number of sulfonamides is 1. The quantitative estimate of drug-likeness (QED) is 0.731. The van der Waals surface area contributed by atoms with Gasteiger partial charge in [0.15, 0.2) is 5.03 Å². The Balaban J connectivity index is 2.81. The molecule has 0 aromatic carbocycles. The van der Waals surface area contributed by atoms with E-state index in [1.165, 1.54) is 6.20 Å². The minimum Gasteiger partial charge on any atom is -0.332 e. The van der Waals surface area contributed by atoms with Crippen LogP contribution in [0.3, 0.4) is 0 Å². The first kappa shape index (κ1) is 11.8. The third-order valence-electron chi connectivity index (χ3n) is 1.75. The number of aryl methyl sites for hydroxylation is 1. The zero-order chi connectivity index (χ0) is 11.5. The van der Waals surface area contributed by atoms with E-state index in [1.807, 2.05) is 0 Å². The maximum absolute atomic E-state index is 11.7. The van der Waals surface area contributed by atoms with Crippen molar-refractivity contribution in [3.8, 4) is 12.3 Å². The van der Waals surface area contributed by atoms with Crippen molar-refractivity contribution in [1.29, 1.82) is 0 Å². The molecule has 2 N–H and O–H groups in total. The Labute approximate surface area is 89.4 Å². The van der Waals surface area contributed by atoms with Crippen LogP contribution in [0.5, 0.6) is 0 Å². The number of aromatic nitrogens is 2. The molecule has 0 radical (unpaired) electrons. The van der Waals surface area contributed by atoms with Crippen LogP contribution >= 0.6 is 0 Å². The highest BCUT2D eigenvalue weighted by atomic mass is 32.2. The van der Waals surface area contributed by atoms with Crippen LogP contribution in [-0.2, 0) is 10.0 Å². The number of nitrogens with zero attached hydrogens (tertiary/aromatic N) is 1. The average Bonchev–Trinajstić information content (AvgIpc) is 2.51. The normalized spacial score (nSPS) is 13.4. The SMILES string of the molecule is C#CCC(C)NS(=O)(=O)c1cnc(C)[nH]1. The fourth-order valence-corrected chi connectivity index (χ4v) is 2.30. The molecule has 0 aliphatic carbocycles. The summed E-state index contributed by atoms with van der Waals surface area (Å²) in [6.45, 7) is 3.39. The lowest BCUT2D eigenvalue weighted by molar-refractivity contribution is 0.560. The number of terminal acetylenes is 1. The maximum Gasteiger partial charge on any atom is 0.257 e. The molecule has 6 heteroatoms. The molecule has 1 rings (SSSR count). The van der Waals surface area contributed by atoms with Crippen molar-refractivity contribution in [2.75, 3.05) is 0 Å². The van der Waals surface area contributed by atoms with Crippen molar-refractivity contribution >= 4 is 10.0 Å². The van der Waals surface area contributed by atoms with Gasteiger partial charge in [0.1, 0.15) is 5.82 Å². The van der Waals surface area contributed by atoms with Crippen molar-refractivity contribution in [2.24, 2.45) is 0 Å². The second kappa shape index (κ2) is 4.47. The summed E-state index contributed by atoms with van der Waals surface area (Å²) in [6.07, 6.45) is 6.72. The minimum absolute atomic E-state index is 0.0591. The minimum atomic E-state index is -3.52. The van der Waals surface area contributed by atoms with Gasteiger partial charge in [0.25, 0.3) is 10.0 Å². The van der Waals surface area contributed by atoms with Gasteiger partial charge in [-0.3, -0.25) is 0 Å². The van der Waals surface area contributed by atoms with Crippen molar-refractivity contribution in [3.05, 3.63) is 12.0 Å². The predicted molar refractivity (Wildman–Crippen MR) is 56.6 cm³/mol. The number of imidazole rings is 1. The monoisotopic (exact) mass is 227 g/mol. The van der Waals surface area contributed by atoms with E-state index >= 15 is 0 Å². The molecule has 1 atom stereocenters. The van der Waals surface area contributed by atoms with Crippen molar-refractivity contribution in [3.63, 3.8) is 0 Å². The number of nitrogens with one attached hydrogen (secondary N) is 2. The summed E-state index contributed by atoms with van der Waals surface area (Å²) in [4.78, 5) is 6.47. The summed E-state index contributed by atoms with van der Waals surface area (Å²) in [5.41, 5.74) is 0. The molecule has 1 aromatic rings. The molecule has 1 heterocycles. The summed E-state index contributed by atoms with van der Waals surface area (Å²) < 4.78 is 25.8. The molecule has 0 aliphatic heterocycles. The summed E-state index contributed by atoms with van der Waals surface area (Å²) in [6, 6.07) is -0.288. The first-order valence-corrected chi connectivity index (χ1v) is 5.91. The van der Waals surface area contributed by atoms with E-state index in [1.54, 1.807) is 13.8 Å². The van der Waals surface area contributed by atoms with E-state index in [9.17, 15) is 8.42 Å². The first-order chi connectivity index (χ1) is 6.95. The van der Waals surface area contributed by atoms with E-state index in [0.717, 1.165) is 0 Å². The second-order valence-corrected chi connectivity index (χ2v) is 4.95. The number of rotatable bonds is 4. The highest BCUT2D eigenvalue weighted by molar-refractivity contribution is 7.89. The fourth-order valence-electron chi connectivity index (χ4n) is 1.08. The molecule has 0 saturated heterocycles. The zero-order valence-corrected chi connectivity index (χ0v) is 9.43. The molecule has 0 saturated carbocycles. The molecule has 1 unspecified atom stereocenters. The molecule has 5 nitrogen and oxygen atoms in total. The van der Waals surface area contributed by atoms with Gasteiger partial charge in [0, 0.05) is 12.5 Å². The molecular weight excluding hydrogens is 214 g/mol. The van der Waals surface area contributed by atoms with Gasteiger partial charge < -0.3 is 4.98 Å². The smallest absolute Gasteiger partial charge is 0.257 e. The number of H-pyrrole nitrogens is 1. The predicted octanol–water partition coefficient (Wildman–Crippen LogP) is 0.408. The average molecular weight is 227 g/mol. The molecule has 1 aromatic heterocycles. The van der Waals surface area contributed by atoms with Crippen LogP contribution in [0.4, 0.5) is 0 Å². The van der Waals surface area contributed by atoms with E-state index in [-0.39, 0.29) is 11.1 Å². The Morgan fingerprint density at radius 3 is 2.87 bits per heavy atom.